The number of hydrogen-bond donors (Lipinski definition) is 2. The summed E-state index contributed by atoms with van der Waals surface area (Å²) in [5.41, 5.74) is 0. The van der Waals surface area contributed by atoms with Gasteiger partial charge in [0.05, 0.1) is 5.01 Å². The SMILES string of the molecule is CCc1cnc(CCNC(=NC)NC2CCC(C(=O)N3CCSCC3)CC2)s1. The lowest BCUT2D eigenvalue weighted by Gasteiger charge is -2.34. The Morgan fingerprint density at radius 1 is 1.29 bits per heavy atom. The number of rotatable bonds is 6. The topological polar surface area (TPSA) is 69.6 Å². The molecule has 8 heteroatoms. The zero-order valence-electron chi connectivity index (χ0n) is 17.1. The van der Waals surface area contributed by atoms with Gasteiger partial charge in [-0.2, -0.15) is 11.8 Å². The zero-order valence-corrected chi connectivity index (χ0v) is 18.7. The fourth-order valence-corrected chi connectivity index (χ4v) is 5.59. The molecule has 0 aromatic carbocycles. The highest BCUT2D eigenvalue weighted by molar-refractivity contribution is 7.99. The normalized spacial score (nSPS) is 23.5. The lowest BCUT2D eigenvalue weighted by Crippen LogP contribution is -2.47. The van der Waals surface area contributed by atoms with Gasteiger partial charge in [-0.25, -0.2) is 4.98 Å². The van der Waals surface area contributed by atoms with E-state index < -0.39 is 0 Å². The molecule has 1 aliphatic carbocycles. The van der Waals surface area contributed by atoms with Crippen LogP contribution < -0.4 is 10.6 Å². The van der Waals surface area contributed by atoms with Crippen LogP contribution in [0.1, 0.15) is 42.5 Å². The first-order valence-electron chi connectivity index (χ1n) is 10.5. The Labute approximate surface area is 177 Å². The number of aryl methyl sites for hydroxylation is 1. The fourth-order valence-electron chi connectivity index (χ4n) is 3.83. The number of aliphatic imine (C=N–C) groups is 1. The first-order valence-corrected chi connectivity index (χ1v) is 12.4. The number of aromatic nitrogens is 1. The molecule has 156 valence electrons. The molecule has 28 heavy (non-hydrogen) atoms. The number of amides is 1. The minimum Gasteiger partial charge on any atom is -0.356 e. The smallest absolute Gasteiger partial charge is 0.225 e. The minimum absolute atomic E-state index is 0.216. The molecule has 6 nitrogen and oxygen atoms in total. The van der Waals surface area contributed by atoms with Gasteiger partial charge < -0.3 is 15.5 Å². The predicted molar refractivity (Wildman–Crippen MR) is 119 cm³/mol. The summed E-state index contributed by atoms with van der Waals surface area (Å²) >= 11 is 3.75. The summed E-state index contributed by atoms with van der Waals surface area (Å²) < 4.78 is 0. The molecular weight excluding hydrogens is 390 g/mol. The maximum atomic E-state index is 12.7. The molecule has 1 amide bonds. The standard InChI is InChI=1S/C20H33N5OS2/c1-3-17-14-23-18(28-17)8-9-22-20(21-2)24-16-6-4-15(5-7-16)19(26)25-10-12-27-13-11-25/h14-16H,3-13H2,1-2H3,(H2,21,22,24). The Hall–Kier alpha value is -1.28. The molecule has 2 heterocycles. The second-order valence-corrected chi connectivity index (χ2v) is 9.88. The van der Waals surface area contributed by atoms with Crippen molar-refractivity contribution in [2.24, 2.45) is 10.9 Å². The Kier molecular flexibility index (Phi) is 8.45. The van der Waals surface area contributed by atoms with Crippen molar-refractivity contribution in [1.29, 1.82) is 0 Å². The van der Waals surface area contributed by atoms with E-state index in [9.17, 15) is 4.79 Å². The Morgan fingerprint density at radius 2 is 2.04 bits per heavy atom. The third kappa shape index (κ3) is 6.11. The van der Waals surface area contributed by atoms with E-state index in [1.807, 2.05) is 25.0 Å². The molecule has 3 rings (SSSR count). The lowest BCUT2D eigenvalue weighted by atomic mass is 9.85. The largest absolute Gasteiger partial charge is 0.356 e. The van der Waals surface area contributed by atoms with E-state index in [2.05, 4.69) is 32.4 Å². The Balaban J connectivity index is 1.37. The van der Waals surface area contributed by atoms with Crippen LogP contribution in [0.5, 0.6) is 0 Å². The van der Waals surface area contributed by atoms with E-state index in [0.29, 0.717) is 11.9 Å². The summed E-state index contributed by atoms with van der Waals surface area (Å²) in [4.78, 5) is 24.9. The third-order valence-corrected chi connectivity index (χ3v) is 7.69. The number of hydrogen-bond acceptors (Lipinski definition) is 5. The van der Waals surface area contributed by atoms with Gasteiger partial charge in [-0.1, -0.05) is 6.92 Å². The summed E-state index contributed by atoms with van der Waals surface area (Å²) in [6.45, 7) is 4.85. The van der Waals surface area contributed by atoms with Crippen molar-refractivity contribution in [3.05, 3.63) is 16.1 Å². The van der Waals surface area contributed by atoms with Crippen molar-refractivity contribution in [3.63, 3.8) is 0 Å². The van der Waals surface area contributed by atoms with Gasteiger partial charge in [0.1, 0.15) is 0 Å². The summed E-state index contributed by atoms with van der Waals surface area (Å²) in [5, 5.41) is 8.12. The number of thiazole rings is 1. The monoisotopic (exact) mass is 423 g/mol. The molecule has 1 aromatic heterocycles. The molecule has 0 bridgehead atoms. The fraction of sp³-hybridized carbons (Fsp3) is 0.750. The minimum atomic E-state index is 0.216. The number of thioether (sulfide) groups is 1. The van der Waals surface area contributed by atoms with Gasteiger partial charge in [-0.15, -0.1) is 11.3 Å². The molecule has 0 radical (unpaired) electrons. The number of carbonyl (C=O) groups excluding carboxylic acids is 1. The molecule has 0 atom stereocenters. The van der Waals surface area contributed by atoms with E-state index in [-0.39, 0.29) is 5.92 Å². The van der Waals surface area contributed by atoms with Crippen molar-refractivity contribution in [3.8, 4) is 0 Å². The number of nitrogens with zero attached hydrogens (tertiary/aromatic N) is 3. The first kappa shape index (κ1) is 21.4. The third-order valence-electron chi connectivity index (χ3n) is 5.54. The van der Waals surface area contributed by atoms with Crippen LogP contribution >= 0.6 is 23.1 Å². The van der Waals surface area contributed by atoms with Crippen molar-refractivity contribution in [2.45, 2.75) is 51.5 Å². The zero-order chi connectivity index (χ0) is 19.8. The number of guanidine groups is 1. The highest BCUT2D eigenvalue weighted by Crippen LogP contribution is 2.27. The van der Waals surface area contributed by atoms with Gasteiger partial charge in [-0.05, 0) is 32.1 Å². The summed E-state index contributed by atoms with van der Waals surface area (Å²) in [7, 11) is 1.82. The second kappa shape index (κ2) is 11.0. The van der Waals surface area contributed by atoms with Crippen LogP contribution in [0, 0.1) is 5.92 Å². The number of carbonyl (C=O) groups is 1. The van der Waals surface area contributed by atoms with E-state index in [0.717, 1.165) is 75.6 Å². The maximum Gasteiger partial charge on any atom is 0.225 e. The van der Waals surface area contributed by atoms with Crippen molar-refractivity contribution in [2.75, 3.05) is 38.2 Å². The molecular formula is C20H33N5OS2. The van der Waals surface area contributed by atoms with E-state index in [4.69, 9.17) is 0 Å². The van der Waals surface area contributed by atoms with Gasteiger partial charge in [0.2, 0.25) is 5.91 Å². The maximum absolute atomic E-state index is 12.7. The summed E-state index contributed by atoms with van der Waals surface area (Å²) in [5.74, 6) is 3.64. The summed E-state index contributed by atoms with van der Waals surface area (Å²) in [6.07, 6.45) is 7.98. The first-order chi connectivity index (χ1) is 13.7. The van der Waals surface area contributed by atoms with Crippen molar-refractivity contribution < 1.29 is 4.79 Å². The van der Waals surface area contributed by atoms with Crippen LogP contribution in [0.15, 0.2) is 11.2 Å². The molecule has 2 fully saturated rings. The highest BCUT2D eigenvalue weighted by atomic mass is 32.2. The van der Waals surface area contributed by atoms with Crippen LogP contribution in [-0.2, 0) is 17.6 Å². The molecule has 1 saturated heterocycles. The van der Waals surface area contributed by atoms with Gasteiger partial charge in [0.25, 0.3) is 0 Å². The van der Waals surface area contributed by atoms with Crippen molar-refractivity contribution in [1.82, 2.24) is 20.5 Å². The molecule has 0 spiro atoms. The van der Waals surface area contributed by atoms with Crippen LogP contribution in [0.2, 0.25) is 0 Å². The van der Waals surface area contributed by atoms with E-state index >= 15 is 0 Å². The van der Waals surface area contributed by atoms with Crippen LogP contribution in [0.25, 0.3) is 0 Å². The van der Waals surface area contributed by atoms with Gasteiger partial charge in [-0.3, -0.25) is 9.79 Å². The van der Waals surface area contributed by atoms with Crippen LogP contribution in [0.4, 0.5) is 0 Å². The summed E-state index contributed by atoms with van der Waals surface area (Å²) in [6, 6.07) is 0.402. The van der Waals surface area contributed by atoms with Gasteiger partial charge >= 0.3 is 0 Å². The Bertz CT molecular complexity index is 649. The highest BCUT2D eigenvalue weighted by Gasteiger charge is 2.30. The number of nitrogens with one attached hydrogen (secondary N) is 2. The molecule has 2 aliphatic rings. The lowest BCUT2D eigenvalue weighted by molar-refractivity contribution is -0.136. The second-order valence-electron chi connectivity index (χ2n) is 7.45. The van der Waals surface area contributed by atoms with E-state index in [1.54, 1.807) is 11.3 Å². The predicted octanol–water partition coefficient (Wildman–Crippen LogP) is 2.55. The van der Waals surface area contributed by atoms with Gasteiger partial charge in [0, 0.05) is 67.6 Å². The Morgan fingerprint density at radius 3 is 2.68 bits per heavy atom. The molecule has 2 N–H and O–H groups in total. The van der Waals surface area contributed by atoms with Crippen LogP contribution in [0.3, 0.4) is 0 Å². The van der Waals surface area contributed by atoms with Gasteiger partial charge in [0.15, 0.2) is 5.96 Å². The molecule has 1 aromatic rings. The van der Waals surface area contributed by atoms with Crippen molar-refractivity contribution >= 4 is 35.0 Å². The average Bonchev–Trinajstić information content (AvgIpc) is 3.21. The molecule has 0 unspecified atom stereocenters. The van der Waals surface area contributed by atoms with Crippen LogP contribution in [-0.4, -0.2) is 66.0 Å². The molecule has 1 aliphatic heterocycles. The quantitative estimate of drug-likeness (QED) is 0.544. The van der Waals surface area contributed by atoms with E-state index in [1.165, 1.54) is 9.88 Å². The average molecular weight is 424 g/mol. The molecule has 1 saturated carbocycles.